The molecule has 9 nitrogen and oxygen atoms in total. The smallest absolute Gasteiger partial charge is 0.382 e. The van der Waals surface area contributed by atoms with Crippen LogP contribution in [-0.4, -0.2) is 31.8 Å². The summed E-state index contributed by atoms with van der Waals surface area (Å²) in [6, 6.07) is 8.51. The second-order valence-electron chi connectivity index (χ2n) is 6.67. The van der Waals surface area contributed by atoms with Gasteiger partial charge < -0.3 is 16.4 Å². The zero-order chi connectivity index (χ0) is 23.8. The molecule has 168 valence electrons. The second-order valence-corrected chi connectivity index (χ2v) is 7.08. The summed E-state index contributed by atoms with van der Waals surface area (Å²) in [6.45, 7) is 0. The summed E-state index contributed by atoms with van der Waals surface area (Å²) in [5, 5.41) is 4.35. The molecule has 4 rings (SSSR count). The predicted molar refractivity (Wildman–Crippen MR) is 116 cm³/mol. The molecule has 13 heteroatoms. The number of alkyl halides is 3. The van der Waals surface area contributed by atoms with Crippen molar-refractivity contribution in [3.63, 3.8) is 0 Å². The molecule has 0 radical (unpaired) electrons. The van der Waals surface area contributed by atoms with Crippen LogP contribution in [0.3, 0.4) is 0 Å². The van der Waals surface area contributed by atoms with Crippen LogP contribution < -0.4 is 16.4 Å². The van der Waals surface area contributed by atoms with Crippen molar-refractivity contribution in [1.29, 1.82) is 0 Å². The average molecular weight is 476 g/mol. The molecule has 2 aromatic carbocycles. The molecule has 0 atom stereocenters. The summed E-state index contributed by atoms with van der Waals surface area (Å²) >= 11 is 5.58. The highest BCUT2D eigenvalue weighted by atomic mass is 35.5. The van der Waals surface area contributed by atoms with Crippen molar-refractivity contribution in [3.8, 4) is 5.69 Å². The molecule has 2 amide bonds. The molecule has 0 aliphatic carbocycles. The quantitative estimate of drug-likeness (QED) is 0.372. The van der Waals surface area contributed by atoms with Crippen LogP contribution >= 0.6 is 11.6 Å². The summed E-state index contributed by atoms with van der Waals surface area (Å²) < 4.78 is 40.4. The molecule has 0 unspecified atom stereocenters. The summed E-state index contributed by atoms with van der Waals surface area (Å²) in [5.74, 6) is 0.173. The average Bonchev–Trinajstić information content (AvgIpc) is 3.15. The predicted octanol–water partition coefficient (Wildman–Crippen LogP) is 4.53. The van der Waals surface area contributed by atoms with E-state index in [9.17, 15) is 22.8 Å². The van der Waals surface area contributed by atoms with E-state index in [0.29, 0.717) is 23.3 Å². The number of hydrogen-bond acceptors (Lipinski definition) is 6. The van der Waals surface area contributed by atoms with E-state index in [1.54, 1.807) is 12.1 Å². The van der Waals surface area contributed by atoms with Crippen LogP contribution in [0.4, 0.5) is 35.2 Å². The van der Waals surface area contributed by atoms with Crippen LogP contribution in [-0.2, 0) is 6.18 Å². The number of aldehydes is 1. The number of carbonyl (C=O) groups is 2. The van der Waals surface area contributed by atoms with Crippen molar-refractivity contribution >= 4 is 52.3 Å². The van der Waals surface area contributed by atoms with E-state index in [4.69, 9.17) is 17.3 Å². The highest BCUT2D eigenvalue weighted by Gasteiger charge is 2.33. The Morgan fingerprint density at radius 3 is 2.39 bits per heavy atom. The highest BCUT2D eigenvalue weighted by molar-refractivity contribution is 6.31. The minimum atomic E-state index is -4.66. The molecule has 0 aliphatic rings. The van der Waals surface area contributed by atoms with Crippen molar-refractivity contribution in [3.05, 3.63) is 65.2 Å². The van der Waals surface area contributed by atoms with E-state index < -0.39 is 22.8 Å². The lowest BCUT2D eigenvalue weighted by molar-refractivity contribution is -0.137. The van der Waals surface area contributed by atoms with Crippen molar-refractivity contribution in [2.24, 2.45) is 0 Å². The molecule has 0 saturated carbocycles. The van der Waals surface area contributed by atoms with Gasteiger partial charge in [0.05, 0.1) is 10.6 Å². The molecular weight excluding hydrogens is 463 g/mol. The number of rotatable bonds is 4. The normalized spacial score (nSPS) is 11.4. The number of benzene rings is 2. The maximum Gasteiger partial charge on any atom is 0.417 e. The van der Waals surface area contributed by atoms with Gasteiger partial charge in [0, 0.05) is 17.1 Å². The zero-order valence-electron chi connectivity index (χ0n) is 16.4. The first-order valence-corrected chi connectivity index (χ1v) is 9.54. The maximum atomic E-state index is 13.0. The highest BCUT2D eigenvalue weighted by Crippen LogP contribution is 2.36. The van der Waals surface area contributed by atoms with Gasteiger partial charge in [0.15, 0.2) is 29.1 Å². The summed E-state index contributed by atoms with van der Waals surface area (Å²) in [5.41, 5.74) is 6.08. The van der Waals surface area contributed by atoms with E-state index in [-0.39, 0.29) is 22.8 Å². The first-order valence-electron chi connectivity index (χ1n) is 9.16. The molecule has 0 spiro atoms. The fraction of sp³-hybridized carbons (Fsp3) is 0.0500. The first-order chi connectivity index (χ1) is 15.7. The topological polar surface area (TPSA) is 128 Å². The van der Waals surface area contributed by atoms with Gasteiger partial charge in [-0.2, -0.15) is 13.2 Å². The number of nitrogens with zero attached hydrogens (tertiary/aromatic N) is 4. The van der Waals surface area contributed by atoms with Crippen molar-refractivity contribution in [2.75, 3.05) is 16.4 Å². The fourth-order valence-corrected chi connectivity index (χ4v) is 3.29. The zero-order valence-corrected chi connectivity index (χ0v) is 17.1. The third-order valence-corrected chi connectivity index (χ3v) is 4.85. The molecule has 2 aromatic heterocycles. The molecule has 4 N–H and O–H groups in total. The van der Waals surface area contributed by atoms with Gasteiger partial charge in [0.2, 0.25) is 0 Å². The number of nitrogens with one attached hydrogen (secondary N) is 2. The lowest BCUT2D eigenvalue weighted by Crippen LogP contribution is -2.20. The monoisotopic (exact) mass is 475 g/mol. The number of amides is 2. The summed E-state index contributed by atoms with van der Waals surface area (Å²) in [4.78, 5) is 35.8. The van der Waals surface area contributed by atoms with Gasteiger partial charge >= 0.3 is 12.2 Å². The van der Waals surface area contributed by atoms with E-state index in [1.165, 1.54) is 29.1 Å². The van der Waals surface area contributed by atoms with Gasteiger partial charge in [0.1, 0.15) is 6.33 Å². The van der Waals surface area contributed by atoms with E-state index >= 15 is 0 Å². The van der Waals surface area contributed by atoms with Gasteiger partial charge in [-0.3, -0.25) is 9.36 Å². The van der Waals surface area contributed by atoms with E-state index in [1.807, 2.05) is 0 Å². The van der Waals surface area contributed by atoms with Gasteiger partial charge in [-0.25, -0.2) is 19.7 Å². The molecule has 0 aliphatic heterocycles. The lowest BCUT2D eigenvalue weighted by Gasteiger charge is -2.13. The Hall–Kier alpha value is -4.19. The molecular formula is C20H13ClF3N7O2. The number of nitrogen functional groups attached to an aromatic ring is 1. The summed E-state index contributed by atoms with van der Waals surface area (Å²) in [7, 11) is 0. The lowest BCUT2D eigenvalue weighted by atomic mass is 10.2. The van der Waals surface area contributed by atoms with Crippen molar-refractivity contribution in [2.45, 2.75) is 6.18 Å². The van der Waals surface area contributed by atoms with Crippen LogP contribution in [0.1, 0.15) is 16.2 Å². The van der Waals surface area contributed by atoms with Crippen LogP contribution in [0.25, 0.3) is 16.9 Å². The molecule has 0 fully saturated rings. The Bertz CT molecular complexity index is 1370. The number of urea groups is 1. The second kappa shape index (κ2) is 8.39. The number of halogens is 4. The fourth-order valence-electron chi connectivity index (χ4n) is 3.07. The number of hydrogen-bond donors (Lipinski definition) is 3. The Labute approximate surface area is 188 Å². The Morgan fingerprint density at radius 2 is 1.73 bits per heavy atom. The molecule has 0 saturated heterocycles. The largest absolute Gasteiger partial charge is 0.417 e. The van der Waals surface area contributed by atoms with Crippen molar-refractivity contribution < 1.29 is 22.8 Å². The number of carbonyl (C=O) groups excluding carboxylic acids is 2. The SMILES string of the molecule is Nc1ncnc2c1nc(C=O)n2-c1ccc(NC(=O)Nc2ccc(Cl)c(C(F)(F)F)c2)cc1. The summed E-state index contributed by atoms with van der Waals surface area (Å²) in [6.07, 6.45) is -2.87. The van der Waals surface area contributed by atoms with Gasteiger partial charge in [-0.05, 0) is 42.5 Å². The Balaban J connectivity index is 1.53. The third-order valence-electron chi connectivity index (χ3n) is 4.52. The van der Waals surface area contributed by atoms with Crippen LogP contribution in [0.15, 0.2) is 48.8 Å². The molecule has 0 bridgehead atoms. The number of aromatic nitrogens is 4. The Kier molecular flexibility index (Phi) is 5.60. The molecule has 4 aromatic rings. The van der Waals surface area contributed by atoms with Crippen molar-refractivity contribution in [1.82, 2.24) is 19.5 Å². The number of nitrogens with two attached hydrogens (primary N) is 1. The Morgan fingerprint density at radius 1 is 1.06 bits per heavy atom. The van der Waals surface area contributed by atoms with Crippen LogP contribution in [0, 0.1) is 0 Å². The minimum Gasteiger partial charge on any atom is -0.382 e. The van der Waals surface area contributed by atoms with Crippen LogP contribution in [0.2, 0.25) is 5.02 Å². The third kappa shape index (κ3) is 4.41. The number of anilines is 3. The van der Waals surface area contributed by atoms with Gasteiger partial charge in [-0.1, -0.05) is 11.6 Å². The standard InChI is InChI=1S/C20H13ClF3N7O2/c21-14-6-3-11(7-13(14)20(22,23)24)29-19(33)28-10-1-4-12(5-2-10)31-15(8-32)30-16-17(25)26-9-27-18(16)31/h1-9H,(H2,25,26,27)(H2,28,29,33). The van der Waals surface area contributed by atoms with E-state index in [0.717, 1.165) is 12.1 Å². The van der Waals surface area contributed by atoms with E-state index in [2.05, 4.69) is 25.6 Å². The molecule has 33 heavy (non-hydrogen) atoms. The maximum absolute atomic E-state index is 13.0. The van der Waals surface area contributed by atoms with Gasteiger partial charge in [-0.15, -0.1) is 0 Å². The van der Waals surface area contributed by atoms with Crippen LogP contribution in [0.5, 0.6) is 0 Å². The molecule has 2 heterocycles. The number of fused-ring (bicyclic) bond motifs is 1. The first kappa shape index (κ1) is 22.0. The minimum absolute atomic E-state index is 0.0545. The van der Waals surface area contributed by atoms with Gasteiger partial charge in [0.25, 0.3) is 0 Å². The number of imidazole rings is 1.